The van der Waals surface area contributed by atoms with Crippen LogP contribution in [0, 0.1) is 0 Å². The van der Waals surface area contributed by atoms with Gasteiger partial charge in [-0.2, -0.15) is 8.42 Å². The van der Waals surface area contributed by atoms with Crippen LogP contribution in [0.5, 0.6) is 11.5 Å². The molecule has 0 aliphatic heterocycles. The number of hydrogen-bond acceptors (Lipinski definition) is 4. The van der Waals surface area contributed by atoms with Gasteiger partial charge in [0.25, 0.3) is 0 Å². The van der Waals surface area contributed by atoms with Gasteiger partial charge in [0.15, 0.2) is 0 Å². The van der Waals surface area contributed by atoms with E-state index in [-0.39, 0.29) is 5.75 Å². The van der Waals surface area contributed by atoms with Gasteiger partial charge in [-0.25, -0.2) is 0 Å². The van der Waals surface area contributed by atoms with E-state index >= 15 is 0 Å². The van der Waals surface area contributed by atoms with Gasteiger partial charge in [-0.3, -0.25) is 0 Å². The lowest BCUT2D eigenvalue weighted by molar-refractivity contribution is 0.414. The Morgan fingerprint density at radius 1 is 0.680 bits per heavy atom. The lowest BCUT2D eigenvalue weighted by Crippen LogP contribution is -2.20. The molecule has 0 bridgehead atoms. The van der Waals surface area contributed by atoms with Crippen molar-refractivity contribution in [3.8, 4) is 11.5 Å². The fourth-order valence-corrected chi connectivity index (χ4v) is 4.05. The molecule has 0 fully saturated rings. The summed E-state index contributed by atoms with van der Waals surface area (Å²) in [4.78, 5) is 0. The zero-order chi connectivity index (χ0) is 17.7. The molecule has 5 heteroatoms. The maximum Gasteiger partial charge on any atom is 0.320 e. The number of ether oxygens (including phenoxy) is 1. The van der Waals surface area contributed by atoms with Gasteiger partial charge in [0.05, 0.1) is 7.11 Å². The molecule has 0 N–H and O–H groups in total. The van der Waals surface area contributed by atoms with Crippen molar-refractivity contribution >= 4 is 10.1 Å². The Morgan fingerprint density at radius 2 is 1.20 bits per heavy atom. The minimum atomic E-state index is -3.94. The Balaban J connectivity index is 2.04. The first-order valence-electron chi connectivity index (χ1n) is 7.77. The Bertz CT molecular complexity index is 905. The first-order chi connectivity index (χ1) is 12.1. The van der Waals surface area contributed by atoms with Gasteiger partial charge in [0, 0.05) is 0 Å². The molecule has 0 saturated carbocycles. The molecular formula is C20H18O4S. The molecule has 3 aromatic rings. The molecule has 0 aliphatic carbocycles. The van der Waals surface area contributed by atoms with Crippen LogP contribution in [0.3, 0.4) is 0 Å². The van der Waals surface area contributed by atoms with E-state index in [1.165, 1.54) is 0 Å². The molecule has 1 unspecified atom stereocenters. The standard InChI is InChI=1S/C20H18O4S/c1-23-18-14-12-17(13-15-18)20(16-8-4-2-5-9-16)25(21,22)24-19-10-6-3-7-11-19/h2-15,20H,1H3. The fraction of sp³-hybridized carbons (Fsp3) is 0.100. The first kappa shape index (κ1) is 17.0. The zero-order valence-electron chi connectivity index (χ0n) is 13.7. The van der Waals surface area contributed by atoms with Crippen LogP contribution in [0.25, 0.3) is 0 Å². The molecule has 0 saturated heterocycles. The van der Waals surface area contributed by atoms with Gasteiger partial charge < -0.3 is 8.92 Å². The van der Waals surface area contributed by atoms with Gasteiger partial charge >= 0.3 is 10.1 Å². The number of rotatable bonds is 6. The van der Waals surface area contributed by atoms with Gasteiger partial charge in [-0.05, 0) is 35.4 Å². The average molecular weight is 354 g/mol. The van der Waals surface area contributed by atoms with Crippen molar-refractivity contribution in [2.24, 2.45) is 0 Å². The Hall–Kier alpha value is -2.79. The second kappa shape index (κ2) is 7.40. The number of benzene rings is 3. The summed E-state index contributed by atoms with van der Waals surface area (Å²) in [5.74, 6) is 0.953. The van der Waals surface area contributed by atoms with Crippen molar-refractivity contribution in [3.63, 3.8) is 0 Å². The summed E-state index contributed by atoms with van der Waals surface area (Å²) in [5, 5.41) is -0.931. The maximum absolute atomic E-state index is 13.0. The van der Waals surface area contributed by atoms with Crippen LogP contribution < -0.4 is 8.92 Å². The summed E-state index contributed by atoms with van der Waals surface area (Å²) in [6.45, 7) is 0. The van der Waals surface area contributed by atoms with E-state index in [1.54, 1.807) is 73.8 Å². The van der Waals surface area contributed by atoms with Crippen molar-refractivity contribution in [2.45, 2.75) is 5.25 Å². The minimum absolute atomic E-state index is 0.289. The molecule has 0 radical (unpaired) electrons. The highest BCUT2D eigenvalue weighted by molar-refractivity contribution is 7.87. The predicted molar refractivity (Wildman–Crippen MR) is 97.3 cm³/mol. The van der Waals surface area contributed by atoms with Gasteiger partial charge in [-0.15, -0.1) is 0 Å². The van der Waals surface area contributed by atoms with E-state index in [4.69, 9.17) is 8.92 Å². The Labute approximate surface area is 147 Å². The normalized spacial score (nSPS) is 12.4. The summed E-state index contributed by atoms with van der Waals surface area (Å²) in [5.41, 5.74) is 1.26. The highest BCUT2D eigenvalue weighted by Gasteiger charge is 2.31. The van der Waals surface area contributed by atoms with Crippen LogP contribution in [-0.4, -0.2) is 15.5 Å². The van der Waals surface area contributed by atoms with E-state index in [9.17, 15) is 8.42 Å². The highest BCUT2D eigenvalue weighted by Crippen LogP contribution is 2.33. The van der Waals surface area contributed by atoms with E-state index in [0.717, 1.165) is 0 Å². The van der Waals surface area contributed by atoms with Crippen LogP contribution in [0.4, 0.5) is 0 Å². The van der Waals surface area contributed by atoms with Crippen LogP contribution in [0.15, 0.2) is 84.9 Å². The number of hydrogen-bond donors (Lipinski definition) is 0. The van der Waals surface area contributed by atoms with Crippen molar-refractivity contribution in [3.05, 3.63) is 96.1 Å². The smallest absolute Gasteiger partial charge is 0.320 e. The Morgan fingerprint density at radius 3 is 1.76 bits per heavy atom. The van der Waals surface area contributed by atoms with Crippen molar-refractivity contribution < 1.29 is 17.3 Å². The second-order valence-corrected chi connectivity index (χ2v) is 7.08. The number of para-hydroxylation sites is 1. The third-order valence-corrected chi connectivity index (χ3v) is 5.31. The Kier molecular flexibility index (Phi) is 5.05. The van der Waals surface area contributed by atoms with Gasteiger partial charge in [0.1, 0.15) is 16.7 Å². The average Bonchev–Trinajstić information content (AvgIpc) is 2.63. The molecule has 0 aliphatic rings. The summed E-state index contributed by atoms with van der Waals surface area (Å²) >= 11 is 0. The summed E-state index contributed by atoms with van der Waals surface area (Å²) < 4.78 is 36.5. The van der Waals surface area contributed by atoms with Crippen molar-refractivity contribution in [1.29, 1.82) is 0 Å². The van der Waals surface area contributed by atoms with Gasteiger partial charge in [0.2, 0.25) is 0 Å². The number of methoxy groups -OCH3 is 1. The minimum Gasteiger partial charge on any atom is -0.497 e. The summed E-state index contributed by atoms with van der Waals surface area (Å²) in [6.07, 6.45) is 0. The molecule has 0 spiro atoms. The summed E-state index contributed by atoms with van der Waals surface area (Å²) in [7, 11) is -2.37. The lowest BCUT2D eigenvalue weighted by atomic mass is 10.0. The van der Waals surface area contributed by atoms with Crippen LogP contribution >= 0.6 is 0 Å². The molecule has 128 valence electrons. The first-order valence-corrected chi connectivity index (χ1v) is 9.24. The molecule has 0 heterocycles. The maximum atomic E-state index is 13.0. The molecule has 0 aromatic heterocycles. The van der Waals surface area contributed by atoms with Gasteiger partial charge in [-0.1, -0.05) is 60.7 Å². The molecule has 25 heavy (non-hydrogen) atoms. The summed E-state index contributed by atoms with van der Waals surface area (Å²) in [6, 6.07) is 24.5. The predicted octanol–water partition coefficient (Wildman–Crippen LogP) is 4.19. The molecule has 3 rings (SSSR count). The fourth-order valence-electron chi connectivity index (χ4n) is 2.59. The molecule has 1 atom stereocenters. The van der Waals surface area contributed by atoms with Crippen LogP contribution in [0.1, 0.15) is 16.4 Å². The topological polar surface area (TPSA) is 52.6 Å². The lowest BCUT2D eigenvalue weighted by Gasteiger charge is -2.19. The van der Waals surface area contributed by atoms with Crippen LogP contribution in [0.2, 0.25) is 0 Å². The molecule has 4 nitrogen and oxygen atoms in total. The van der Waals surface area contributed by atoms with E-state index < -0.39 is 15.4 Å². The molecule has 3 aromatic carbocycles. The SMILES string of the molecule is COc1ccc(C(c2ccccc2)S(=O)(=O)Oc2ccccc2)cc1. The third kappa shape index (κ3) is 4.00. The monoisotopic (exact) mass is 354 g/mol. The van der Waals surface area contributed by atoms with E-state index in [1.807, 2.05) is 18.2 Å². The molecule has 0 amide bonds. The second-order valence-electron chi connectivity index (χ2n) is 5.45. The third-order valence-electron chi connectivity index (χ3n) is 3.77. The molecular weight excluding hydrogens is 336 g/mol. The highest BCUT2D eigenvalue weighted by atomic mass is 32.2. The van der Waals surface area contributed by atoms with Crippen molar-refractivity contribution in [1.82, 2.24) is 0 Å². The van der Waals surface area contributed by atoms with Crippen molar-refractivity contribution in [2.75, 3.05) is 7.11 Å². The quantitative estimate of drug-likeness (QED) is 0.623. The largest absolute Gasteiger partial charge is 0.497 e. The van der Waals surface area contributed by atoms with E-state index in [2.05, 4.69) is 0 Å². The van der Waals surface area contributed by atoms with Crippen LogP contribution in [-0.2, 0) is 10.1 Å². The zero-order valence-corrected chi connectivity index (χ0v) is 14.5. The van der Waals surface area contributed by atoms with E-state index in [0.29, 0.717) is 16.9 Å².